The normalized spacial score (nSPS) is 38.3. The standard InChI is InChI=1S/C49H62N2O/c1-49(2)40-19-8-5-15-35(40)37-18-11-22-44(48(37)49)51(43-21-12-24-46-47(43)38-17-7-10-23-45(38)52-46)34-27-28-42-39(30-34)36-16-6-9-20-41(36)50(42)33-26-25-31-13-3-4-14-32(31)29-33/h3,11,13,15,18,21-22,27-28,31-34,38-40,42,45H,4-10,12,14,16-17,19-20,23-26,29-30H2,1-2H3. The fraction of sp³-hybridized carbons (Fsp3) is 0.633. The highest BCUT2D eigenvalue weighted by Crippen LogP contribution is 2.59. The minimum Gasteiger partial charge on any atom is -0.494 e. The van der Waals surface area contributed by atoms with E-state index in [1.54, 1.807) is 28.0 Å². The molecule has 1 aromatic rings. The van der Waals surface area contributed by atoms with Crippen LogP contribution in [0.2, 0.25) is 0 Å². The molecule has 0 bridgehead atoms. The fourth-order valence-electron chi connectivity index (χ4n) is 14.1. The van der Waals surface area contributed by atoms with E-state index >= 15 is 0 Å². The predicted octanol–water partition coefficient (Wildman–Crippen LogP) is 12.1. The van der Waals surface area contributed by atoms with E-state index < -0.39 is 0 Å². The third-order valence-electron chi connectivity index (χ3n) is 16.3. The number of allylic oxidation sites excluding steroid dienone is 8. The Morgan fingerprint density at radius 1 is 0.788 bits per heavy atom. The molecule has 0 radical (unpaired) electrons. The third-order valence-corrected chi connectivity index (χ3v) is 16.3. The molecular weight excluding hydrogens is 633 g/mol. The van der Waals surface area contributed by atoms with Crippen molar-refractivity contribution in [2.45, 2.75) is 165 Å². The lowest BCUT2D eigenvalue weighted by Gasteiger charge is -2.47. The summed E-state index contributed by atoms with van der Waals surface area (Å²) in [6.07, 6.45) is 41.0. The van der Waals surface area contributed by atoms with Gasteiger partial charge in [-0.05, 0) is 161 Å². The lowest BCUT2D eigenvalue weighted by atomic mass is 9.71. The summed E-state index contributed by atoms with van der Waals surface area (Å²) in [6, 6.07) is 9.06. The monoisotopic (exact) mass is 694 g/mol. The number of hydrogen-bond acceptors (Lipinski definition) is 3. The maximum absolute atomic E-state index is 6.91. The van der Waals surface area contributed by atoms with Gasteiger partial charge in [-0.25, -0.2) is 0 Å². The zero-order chi connectivity index (χ0) is 34.6. The van der Waals surface area contributed by atoms with Crippen molar-refractivity contribution < 1.29 is 4.74 Å². The lowest BCUT2D eigenvalue weighted by Crippen LogP contribution is -2.48. The molecule has 274 valence electrons. The highest BCUT2D eigenvalue weighted by Gasteiger charge is 2.51. The van der Waals surface area contributed by atoms with Gasteiger partial charge in [-0.15, -0.1) is 0 Å². The highest BCUT2D eigenvalue weighted by molar-refractivity contribution is 5.84. The minimum atomic E-state index is 0.125. The van der Waals surface area contributed by atoms with Gasteiger partial charge in [0.25, 0.3) is 0 Å². The molecule has 9 unspecified atom stereocenters. The molecule has 0 N–H and O–H groups in total. The number of hydrogen-bond donors (Lipinski definition) is 0. The quantitative estimate of drug-likeness (QED) is 0.292. The van der Waals surface area contributed by atoms with E-state index in [2.05, 4.69) is 78.3 Å². The Bertz CT molecular complexity index is 1820. The van der Waals surface area contributed by atoms with Crippen molar-refractivity contribution in [1.29, 1.82) is 0 Å². The Kier molecular flexibility index (Phi) is 7.85. The summed E-state index contributed by atoms with van der Waals surface area (Å²) in [5.74, 6) is 4.92. The van der Waals surface area contributed by atoms with Crippen LogP contribution in [-0.4, -0.2) is 29.1 Å². The second-order valence-corrected chi connectivity index (χ2v) is 19.2. The van der Waals surface area contributed by atoms with E-state index in [1.807, 2.05) is 5.57 Å². The van der Waals surface area contributed by atoms with E-state index in [0.717, 1.165) is 30.7 Å². The molecule has 3 heteroatoms. The van der Waals surface area contributed by atoms with Gasteiger partial charge in [-0.2, -0.15) is 0 Å². The minimum absolute atomic E-state index is 0.125. The van der Waals surface area contributed by atoms with Crippen molar-refractivity contribution in [3.05, 3.63) is 94.1 Å². The summed E-state index contributed by atoms with van der Waals surface area (Å²) >= 11 is 0. The van der Waals surface area contributed by atoms with E-state index in [9.17, 15) is 0 Å². The van der Waals surface area contributed by atoms with Gasteiger partial charge in [0.15, 0.2) is 0 Å². The summed E-state index contributed by atoms with van der Waals surface area (Å²) in [5, 5.41) is 0. The van der Waals surface area contributed by atoms with E-state index in [-0.39, 0.29) is 5.41 Å². The van der Waals surface area contributed by atoms with Crippen molar-refractivity contribution in [3.63, 3.8) is 0 Å². The van der Waals surface area contributed by atoms with Crippen molar-refractivity contribution in [1.82, 2.24) is 4.90 Å². The number of fused-ring (bicyclic) bond motifs is 8. The molecule has 52 heavy (non-hydrogen) atoms. The van der Waals surface area contributed by atoms with Crippen LogP contribution in [0.1, 0.15) is 147 Å². The molecule has 3 nitrogen and oxygen atoms in total. The molecule has 0 aromatic heterocycles. The van der Waals surface area contributed by atoms with E-state index in [1.165, 1.54) is 126 Å². The first-order chi connectivity index (χ1) is 25.6. The van der Waals surface area contributed by atoms with Crippen LogP contribution >= 0.6 is 0 Å². The largest absolute Gasteiger partial charge is 0.494 e. The molecule has 0 spiro atoms. The third kappa shape index (κ3) is 4.88. The van der Waals surface area contributed by atoms with Crippen LogP contribution in [0.4, 0.5) is 5.69 Å². The van der Waals surface area contributed by atoms with Gasteiger partial charge in [-0.3, -0.25) is 0 Å². The Morgan fingerprint density at radius 3 is 2.67 bits per heavy atom. The first-order valence-electron chi connectivity index (χ1n) is 22.1. The molecular formula is C49H62N2O. The number of nitrogens with zero attached hydrogens (tertiary/aromatic N) is 2. The average Bonchev–Trinajstić information content (AvgIpc) is 3.81. The maximum Gasteiger partial charge on any atom is 0.105 e. The summed E-state index contributed by atoms with van der Waals surface area (Å²) in [6.45, 7) is 5.16. The van der Waals surface area contributed by atoms with Gasteiger partial charge >= 0.3 is 0 Å². The van der Waals surface area contributed by atoms with Gasteiger partial charge in [0, 0.05) is 47.0 Å². The van der Waals surface area contributed by atoms with Crippen LogP contribution in [0.5, 0.6) is 0 Å². The second kappa shape index (κ2) is 12.6. The molecule has 10 aliphatic rings. The molecule has 2 saturated carbocycles. The summed E-state index contributed by atoms with van der Waals surface area (Å²) in [5.41, 5.74) is 13.2. The summed E-state index contributed by atoms with van der Waals surface area (Å²) in [7, 11) is 0. The number of ether oxygens (including phenoxy) is 1. The topological polar surface area (TPSA) is 15.7 Å². The van der Waals surface area contributed by atoms with Gasteiger partial charge < -0.3 is 14.5 Å². The SMILES string of the molecule is CC1(C)c2c(cccc2N(C2=CCCC3=C2C2CCCCC2O3)C2C=CC3C(C2)C2=C(CCCC2)N3C2CCC3C=CCCC3C2)C2=CCCCC21. The fourth-order valence-corrected chi connectivity index (χ4v) is 14.1. The van der Waals surface area contributed by atoms with Gasteiger partial charge in [0.2, 0.25) is 0 Å². The van der Waals surface area contributed by atoms with E-state index in [4.69, 9.17) is 4.74 Å². The molecule has 11 rings (SSSR count). The average molecular weight is 695 g/mol. The van der Waals surface area contributed by atoms with Crippen LogP contribution < -0.4 is 4.90 Å². The maximum atomic E-state index is 6.91. The molecule has 0 amide bonds. The molecule has 2 fully saturated rings. The van der Waals surface area contributed by atoms with Crippen LogP contribution in [-0.2, 0) is 10.2 Å². The lowest BCUT2D eigenvalue weighted by molar-refractivity contribution is 0.0783. The van der Waals surface area contributed by atoms with Gasteiger partial charge in [0.1, 0.15) is 11.9 Å². The second-order valence-electron chi connectivity index (χ2n) is 19.2. The van der Waals surface area contributed by atoms with Crippen molar-refractivity contribution in [2.75, 3.05) is 4.90 Å². The van der Waals surface area contributed by atoms with Crippen LogP contribution in [0.15, 0.2) is 83.0 Å². The first-order valence-corrected chi connectivity index (χ1v) is 22.1. The summed E-state index contributed by atoms with van der Waals surface area (Å²) in [4.78, 5) is 5.99. The number of benzene rings is 1. The number of rotatable bonds is 4. The Hall–Kier alpha value is -2.94. The number of anilines is 1. The van der Waals surface area contributed by atoms with E-state index in [0.29, 0.717) is 35.9 Å². The highest BCUT2D eigenvalue weighted by atomic mass is 16.5. The van der Waals surface area contributed by atoms with Crippen LogP contribution in [0.3, 0.4) is 0 Å². The van der Waals surface area contributed by atoms with Gasteiger partial charge in [0.05, 0.1) is 12.1 Å². The Labute approximate surface area is 314 Å². The molecule has 2 aliphatic heterocycles. The zero-order valence-electron chi connectivity index (χ0n) is 32.1. The summed E-state index contributed by atoms with van der Waals surface area (Å²) < 4.78 is 6.91. The van der Waals surface area contributed by atoms with Crippen LogP contribution in [0, 0.1) is 29.6 Å². The Balaban J connectivity index is 1.02. The Morgan fingerprint density at radius 2 is 1.71 bits per heavy atom. The predicted molar refractivity (Wildman–Crippen MR) is 214 cm³/mol. The first kappa shape index (κ1) is 32.5. The van der Waals surface area contributed by atoms with Crippen molar-refractivity contribution in [3.8, 4) is 0 Å². The van der Waals surface area contributed by atoms with Crippen molar-refractivity contribution in [2.24, 2.45) is 29.6 Å². The van der Waals surface area contributed by atoms with Crippen LogP contribution in [0.25, 0.3) is 5.57 Å². The molecule has 2 heterocycles. The van der Waals surface area contributed by atoms with Crippen molar-refractivity contribution >= 4 is 11.3 Å². The molecule has 8 aliphatic carbocycles. The molecule has 9 atom stereocenters. The van der Waals surface area contributed by atoms with Gasteiger partial charge in [-0.1, -0.05) is 68.9 Å². The zero-order valence-corrected chi connectivity index (χ0v) is 32.1. The molecule has 0 saturated heterocycles. The smallest absolute Gasteiger partial charge is 0.105 e. The molecule has 1 aromatic carbocycles.